The van der Waals surface area contributed by atoms with Crippen LogP contribution in [0.25, 0.3) is 11.3 Å². The topological polar surface area (TPSA) is 82.4 Å². The van der Waals surface area contributed by atoms with Crippen LogP contribution < -0.4 is 0 Å². The number of carbonyl (C=O) groups excluding carboxylic acids is 1. The number of hydrogen-bond acceptors (Lipinski definition) is 4. The van der Waals surface area contributed by atoms with E-state index in [9.17, 15) is 9.90 Å². The molecule has 0 fully saturated rings. The lowest BCUT2D eigenvalue weighted by Gasteiger charge is -2.25. The molecular formula is C22H16BrN3O3. The standard InChI is InChI=1S/C22H16BrN3O3/c23-14-9-7-13(8-10-14)21-18-19(16-5-1-2-6-17(16)27)24-25-20(18)22(28)26(21)12-15-4-3-11-29-15/h1-11,21,27H,12H2,(H,24,25). The minimum Gasteiger partial charge on any atom is -0.507 e. The molecule has 7 heteroatoms. The number of furan rings is 1. The van der Waals surface area contributed by atoms with Gasteiger partial charge in [-0.2, -0.15) is 5.10 Å². The van der Waals surface area contributed by atoms with Gasteiger partial charge in [-0.1, -0.05) is 40.2 Å². The van der Waals surface area contributed by atoms with Crippen LogP contribution in [0.5, 0.6) is 5.75 Å². The number of hydrogen-bond donors (Lipinski definition) is 2. The zero-order valence-electron chi connectivity index (χ0n) is 15.2. The van der Waals surface area contributed by atoms with Gasteiger partial charge in [0.15, 0.2) is 0 Å². The van der Waals surface area contributed by atoms with Crippen LogP contribution >= 0.6 is 15.9 Å². The Hall–Kier alpha value is -3.32. The molecule has 0 bridgehead atoms. The SMILES string of the molecule is O=C1c2[nH]nc(-c3ccccc3O)c2C(c2ccc(Br)cc2)N1Cc1ccco1. The van der Waals surface area contributed by atoms with Gasteiger partial charge in [0.2, 0.25) is 0 Å². The third-order valence-corrected chi connectivity index (χ3v) is 5.64. The summed E-state index contributed by atoms with van der Waals surface area (Å²) in [5, 5.41) is 17.6. The monoisotopic (exact) mass is 449 g/mol. The average Bonchev–Trinajstić information content (AvgIpc) is 3.44. The maximum absolute atomic E-state index is 13.2. The highest BCUT2D eigenvalue weighted by atomic mass is 79.9. The quantitative estimate of drug-likeness (QED) is 0.464. The van der Waals surface area contributed by atoms with Gasteiger partial charge < -0.3 is 14.4 Å². The van der Waals surface area contributed by atoms with Gasteiger partial charge in [-0.15, -0.1) is 0 Å². The van der Waals surface area contributed by atoms with Crippen LogP contribution in [-0.4, -0.2) is 26.1 Å². The molecule has 1 amide bonds. The summed E-state index contributed by atoms with van der Waals surface area (Å²) in [7, 11) is 0. The maximum Gasteiger partial charge on any atom is 0.273 e. The summed E-state index contributed by atoms with van der Waals surface area (Å²) < 4.78 is 6.44. The molecule has 4 aromatic rings. The number of benzene rings is 2. The molecular weight excluding hydrogens is 434 g/mol. The van der Waals surface area contributed by atoms with E-state index in [0.717, 1.165) is 15.6 Å². The predicted molar refractivity (Wildman–Crippen MR) is 110 cm³/mol. The molecule has 5 rings (SSSR count). The third kappa shape index (κ3) is 2.94. The number of H-pyrrole nitrogens is 1. The first-order valence-electron chi connectivity index (χ1n) is 9.09. The highest BCUT2D eigenvalue weighted by Gasteiger charge is 2.42. The number of halogens is 1. The highest BCUT2D eigenvalue weighted by molar-refractivity contribution is 9.10. The van der Waals surface area contributed by atoms with E-state index in [2.05, 4.69) is 26.1 Å². The van der Waals surface area contributed by atoms with Crippen molar-refractivity contribution >= 4 is 21.8 Å². The van der Waals surface area contributed by atoms with Crippen molar-refractivity contribution in [3.05, 3.63) is 94.0 Å². The Kier molecular flexibility index (Phi) is 4.24. The van der Waals surface area contributed by atoms with Crippen molar-refractivity contribution < 1.29 is 14.3 Å². The lowest BCUT2D eigenvalue weighted by molar-refractivity contribution is 0.0717. The number of phenolic OH excluding ortho intramolecular Hbond substituents is 1. The van der Waals surface area contributed by atoms with E-state index in [0.29, 0.717) is 29.3 Å². The minimum absolute atomic E-state index is 0.119. The van der Waals surface area contributed by atoms with Crippen LogP contribution in [-0.2, 0) is 6.54 Å². The van der Waals surface area contributed by atoms with Crippen LogP contribution in [0.15, 0.2) is 75.8 Å². The van der Waals surface area contributed by atoms with Gasteiger partial charge in [-0.05, 0) is 42.0 Å². The van der Waals surface area contributed by atoms with Gasteiger partial charge in [0, 0.05) is 15.6 Å². The van der Waals surface area contributed by atoms with Crippen LogP contribution in [0, 0.1) is 0 Å². The van der Waals surface area contributed by atoms with E-state index >= 15 is 0 Å². The van der Waals surface area contributed by atoms with Crippen molar-refractivity contribution in [1.29, 1.82) is 0 Å². The highest BCUT2D eigenvalue weighted by Crippen LogP contribution is 2.45. The summed E-state index contributed by atoms with van der Waals surface area (Å²) in [6.45, 7) is 0.329. The Morgan fingerprint density at radius 3 is 2.62 bits per heavy atom. The molecule has 0 aliphatic carbocycles. The lowest BCUT2D eigenvalue weighted by Crippen LogP contribution is -2.28. The van der Waals surface area contributed by atoms with E-state index in [4.69, 9.17) is 4.42 Å². The number of amides is 1. The van der Waals surface area contributed by atoms with Crippen LogP contribution in [0.1, 0.15) is 33.4 Å². The number of aromatic hydroxyl groups is 1. The van der Waals surface area contributed by atoms with Crippen LogP contribution in [0.2, 0.25) is 0 Å². The summed E-state index contributed by atoms with van der Waals surface area (Å²) >= 11 is 3.47. The van der Waals surface area contributed by atoms with Gasteiger partial charge in [-0.25, -0.2) is 0 Å². The molecule has 1 aliphatic heterocycles. The molecule has 0 radical (unpaired) electrons. The molecule has 0 saturated heterocycles. The molecule has 2 aromatic carbocycles. The van der Waals surface area contributed by atoms with Gasteiger partial charge >= 0.3 is 0 Å². The first-order valence-corrected chi connectivity index (χ1v) is 9.88. The van der Waals surface area contributed by atoms with E-state index < -0.39 is 0 Å². The van der Waals surface area contributed by atoms with E-state index in [1.165, 1.54) is 0 Å². The van der Waals surface area contributed by atoms with Crippen molar-refractivity contribution in [2.45, 2.75) is 12.6 Å². The van der Waals surface area contributed by atoms with Crippen LogP contribution in [0.4, 0.5) is 0 Å². The Balaban J connectivity index is 1.68. The Morgan fingerprint density at radius 2 is 1.90 bits per heavy atom. The second-order valence-electron chi connectivity index (χ2n) is 6.84. The Bertz CT molecular complexity index is 1180. The number of fused-ring (bicyclic) bond motifs is 1. The van der Waals surface area contributed by atoms with Gasteiger partial charge in [0.05, 0.1) is 18.8 Å². The fourth-order valence-electron chi connectivity index (χ4n) is 3.80. The second-order valence-corrected chi connectivity index (χ2v) is 7.76. The maximum atomic E-state index is 13.2. The second kappa shape index (κ2) is 6.93. The first kappa shape index (κ1) is 17.8. The van der Waals surface area contributed by atoms with Gasteiger partial charge in [0.25, 0.3) is 5.91 Å². The smallest absolute Gasteiger partial charge is 0.273 e. The van der Waals surface area contributed by atoms with E-state index in [1.54, 1.807) is 35.4 Å². The fourth-order valence-corrected chi connectivity index (χ4v) is 4.07. The third-order valence-electron chi connectivity index (χ3n) is 5.11. The number of para-hydroxylation sites is 1. The predicted octanol–water partition coefficient (Wildman–Crippen LogP) is 4.88. The molecule has 6 nitrogen and oxygen atoms in total. The number of aromatic amines is 1. The van der Waals surface area contributed by atoms with Crippen molar-refractivity contribution in [1.82, 2.24) is 15.1 Å². The van der Waals surface area contributed by atoms with Crippen molar-refractivity contribution in [2.24, 2.45) is 0 Å². The molecule has 3 heterocycles. The summed E-state index contributed by atoms with van der Waals surface area (Å²) in [6, 6.07) is 18.2. The largest absolute Gasteiger partial charge is 0.507 e. The zero-order valence-corrected chi connectivity index (χ0v) is 16.8. The molecule has 0 spiro atoms. The van der Waals surface area contributed by atoms with E-state index in [1.807, 2.05) is 36.4 Å². The Morgan fingerprint density at radius 1 is 1.10 bits per heavy atom. The van der Waals surface area contributed by atoms with Gasteiger partial charge in [-0.3, -0.25) is 9.89 Å². The average molecular weight is 450 g/mol. The van der Waals surface area contributed by atoms with E-state index in [-0.39, 0.29) is 17.7 Å². The molecule has 1 atom stereocenters. The number of nitrogens with zero attached hydrogens (tertiary/aromatic N) is 2. The minimum atomic E-state index is -0.357. The molecule has 29 heavy (non-hydrogen) atoms. The van der Waals surface area contributed by atoms with Crippen LogP contribution in [0.3, 0.4) is 0 Å². The Labute approximate surface area is 174 Å². The van der Waals surface area contributed by atoms with Crippen molar-refractivity contribution in [2.75, 3.05) is 0 Å². The molecule has 1 unspecified atom stereocenters. The number of aromatic nitrogens is 2. The summed E-state index contributed by atoms with van der Waals surface area (Å²) in [5.74, 6) is 0.662. The summed E-state index contributed by atoms with van der Waals surface area (Å²) in [6.07, 6.45) is 1.60. The first-order chi connectivity index (χ1) is 14.1. The van der Waals surface area contributed by atoms with Crippen molar-refractivity contribution in [3.63, 3.8) is 0 Å². The molecule has 144 valence electrons. The number of carbonyl (C=O) groups is 1. The molecule has 2 aromatic heterocycles. The molecule has 2 N–H and O–H groups in total. The summed E-state index contributed by atoms with van der Waals surface area (Å²) in [4.78, 5) is 15.0. The fraction of sp³-hybridized carbons (Fsp3) is 0.0909. The zero-order chi connectivity index (χ0) is 20.0. The van der Waals surface area contributed by atoms with Gasteiger partial charge in [0.1, 0.15) is 22.9 Å². The summed E-state index contributed by atoms with van der Waals surface area (Å²) in [5.41, 5.74) is 3.29. The lowest BCUT2D eigenvalue weighted by atomic mass is 9.96. The molecule has 1 aliphatic rings. The number of rotatable bonds is 4. The number of nitrogens with one attached hydrogen (secondary N) is 1. The normalized spacial score (nSPS) is 15.7. The molecule has 0 saturated carbocycles. The van der Waals surface area contributed by atoms with Crippen molar-refractivity contribution in [3.8, 4) is 17.0 Å². The number of phenols is 1.